The van der Waals surface area contributed by atoms with E-state index in [2.05, 4.69) is 20.6 Å². The van der Waals surface area contributed by atoms with Crippen molar-refractivity contribution < 1.29 is 4.79 Å². The lowest BCUT2D eigenvalue weighted by molar-refractivity contribution is 0.0945. The van der Waals surface area contributed by atoms with Crippen LogP contribution < -0.4 is 5.32 Å². The summed E-state index contributed by atoms with van der Waals surface area (Å²) in [5, 5.41) is 16.4. The van der Waals surface area contributed by atoms with Crippen LogP contribution in [0, 0.1) is 27.7 Å². The quantitative estimate of drug-likeness (QED) is 0.537. The SMILES string of the molecule is Cc1cc(C)n(Cn2ccc(C(=O)NCc3c(C)nn(-c4ccccc4)c3C)n2)n1. The molecule has 1 amide bonds. The van der Waals surface area contributed by atoms with E-state index in [0.29, 0.717) is 18.9 Å². The second kappa shape index (κ2) is 7.98. The molecule has 1 N–H and O–H groups in total. The molecule has 1 aromatic carbocycles. The molecular formula is C22H25N7O. The van der Waals surface area contributed by atoms with Gasteiger partial charge in [-0.05, 0) is 52.0 Å². The molecule has 4 rings (SSSR count). The fourth-order valence-electron chi connectivity index (χ4n) is 3.53. The Labute approximate surface area is 175 Å². The van der Waals surface area contributed by atoms with Crippen LogP contribution in [0.3, 0.4) is 0 Å². The summed E-state index contributed by atoms with van der Waals surface area (Å²) in [5.41, 5.74) is 6.30. The molecule has 3 aromatic heterocycles. The number of hydrogen-bond donors (Lipinski definition) is 1. The van der Waals surface area contributed by atoms with Gasteiger partial charge in [0.25, 0.3) is 5.91 Å². The van der Waals surface area contributed by atoms with Gasteiger partial charge in [-0.3, -0.25) is 9.48 Å². The number of amides is 1. The smallest absolute Gasteiger partial charge is 0.272 e. The Balaban J connectivity index is 1.44. The van der Waals surface area contributed by atoms with Crippen molar-refractivity contribution in [3.05, 3.63) is 82.7 Å². The Morgan fingerprint density at radius 1 is 1.00 bits per heavy atom. The second-order valence-electron chi connectivity index (χ2n) is 7.39. The maximum Gasteiger partial charge on any atom is 0.272 e. The molecule has 4 aromatic rings. The van der Waals surface area contributed by atoms with Gasteiger partial charge in [-0.2, -0.15) is 15.3 Å². The average Bonchev–Trinajstić information content (AvgIpc) is 3.40. The van der Waals surface area contributed by atoms with E-state index in [1.54, 1.807) is 16.9 Å². The molecule has 0 saturated carbocycles. The molecule has 154 valence electrons. The summed E-state index contributed by atoms with van der Waals surface area (Å²) >= 11 is 0. The van der Waals surface area contributed by atoms with Gasteiger partial charge in [0.1, 0.15) is 12.4 Å². The van der Waals surface area contributed by atoms with Crippen LogP contribution >= 0.6 is 0 Å². The predicted octanol–water partition coefficient (Wildman–Crippen LogP) is 2.93. The van der Waals surface area contributed by atoms with Gasteiger partial charge in [-0.1, -0.05) is 18.2 Å². The van der Waals surface area contributed by atoms with Crippen LogP contribution in [0.2, 0.25) is 0 Å². The lowest BCUT2D eigenvalue weighted by atomic mass is 10.2. The Morgan fingerprint density at radius 2 is 1.77 bits per heavy atom. The van der Waals surface area contributed by atoms with Gasteiger partial charge in [0.05, 0.1) is 17.1 Å². The van der Waals surface area contributed by atoms with Crippen molar-refractivity contribution in [2.45, 2.75) is 40.9 Å². The molecule has 0 spiro atoms. The molecule has 0 aliphatic heterocycles. The number of hydrogen-bond acceptors (Lipinski definition) is 4. The number of nitrogens with zero attached hydrogens (tertiary/aromatic N) is 6. The minimum absolute atomic E-state index is 0.214. The summed E-state index contributed by atoms with van der Waals surface area (Å²) in [7, 11) is 0. The van der Waals surface area contributed by atoms with E-state index in [9.17, 15) is 4.79 Å². The van der Waals surface area contributed by atoms with Crippen LogP contribution in [0.5, 0.6) is 0 Å². The molecule has 8 heteroatoms. The molecule has 0 atom stereocenters. The number of para-hydroxylation sites is 1. The van der Waals surface area contributed by atoms with E-state index >= 15 is 0 Å². The van der Waals surface area contributed by atoms with Crippen LogP contribution in [0.1, 0.15) is 38.8 Å². The van der Waals surface area contributed by atoms with Crippen molar-refractivity contribution in [1.29, 1.82) is 0 Å². The zero-order valence-electron chi connectivity index (χ0n) is 17.6. The van der Waals surface area contributed by atoms with E-state index in [-0.39, 0.29) is 5.91 Å². The lowest BCUT2D eigenvalue weighted by Crippen LogP contribution is -2.24. The van der Waals surface area contributed by atoms with Gasteiger partial charge in [-0.15, -0.1) is 0 Å². The van der Waals surface area contributed by atoms with Gasteiger partial charge in [-0.25, -0.2) is 9.36 Å². The zero-order chi connectivity index (χ0) is 21.3. The number of benzene rings is 1. The highest BCUT2D eigenvalue weighted by Crippen LogP contribution is 2.17. The van der Waals surface area contributed by atoms with Crippen molar-refractivity contribution in [3.8, 4) is 5.69 Å². The summed E-state index contributed by atoms with van der Waals surface area (Å²) in [6.45, 7) is 8.78. The van der Waals surface area contributed by atoms with Crippen molar-refractivity contribution in [2.75, 3.05) is 0 Å². The first-order chi connectivity index (χ1) is 14.4. The van der Waals surface area contributed by atoms with Gasteiger partial charge in [0.2, 0.25) is 0 Å². The largest absolute Gasteiger partial charge is 0.346 e. The standard InChI is InChI=1S/C22H25N7O/c1-15-12-16(2)28(24-15)14-27-11-10-21(26-27)22(30)23-13-20-17(3)25-29(18(20)4)19-8-6-5-7-9-19/h5-12H,13-14H2,1-4H3,(H,23,30). The average molecular weight is 403 g/mol. The normalized spacial score (nSPS) is 11.1. The number of carbonyl (C=O) groups excluding carboxylic acids is 1. The van der Waals surface area contributed by atoms with Gasteiger partial charge in [0.15, 0.2) is 0 Å². The van der Waals surface area contributed by atoms with Crippen LogP contribution in [-0.2, 0) is 13.2 Å². The highest BCUT2D eigenvalue weighted by atomic mass is 16.1. The Morgan fingerprint density at radius 3 is 2.47 bits per heavy atom. The van der Waals surface area contributed by atoms with E-state index in [4.69, 9.17) is 0 Å². The third kappa shape index (κ3) is 3.89. The Kier molecular flexibility index (Phi) is 5.22. The molecule has 8 nitrogen and oxygen atoms in total. The number of rotatable bonds is 6. The minimum Gasteiger partial charge on any atom is -0.346 e. The van der Waals surface area contributed by atoms with E-state index in [1.165, 1.54) is 0 Å². The molecular weight excluding hydrogens is 378 g/mol. The van der Waals surface area contributed by atoms with Crippen molar-refractivity contribution in [3.63, 3.8) is 0 Å². The third-order valence-electron chi connectivity index (χ3n) is 5.12. The molecule has 0 unspecified atom stereocenters. The van der Waals surface area contributed by atoms with E-state index in [1.807, 2.05) is 73.5 Å². The molecule has 30 heavy (non-hydrogen) atoms. The van der Waals surface area contributed by atoms with Crippen LogP contribution in [0.25, 0.3) is 5.69 Å². The summed E-state index contributed by atoms with van der Waals surface area (Å²) < 4.78 is 5.47. The summed E-state index contributed by atoms with van der Waals surface area (Å²) in [4.78, 5) is 12.6. The fraction of sp³-hybridized carbons (Fsp3) is 0.273. The monoisotopic (exact) mass is 403 g/mol. The number of carbonyl (C=O) groups is 1. The second-order valence-corrected chi connectivity index (χ2v) is 7.39. The van der Waals surface area contributed by atoms with E-state index < -0.39 is 0 Å². The Hall–Kier alpha value is -3.68. The van der Waals surface area contributed by atoms with Crippen LogP contribution in [-0.4, -0.2) is 35.2 Å². The predicted molar refractivity (Wildman–Crippen MR) is 114 cm³/mol. The van der Waals surface area contributed by atoms with Crippen molar-refractivity contribution >= 4 is 5.91 Å². The van der Waals surface area contributed by atoms with Crippen LogP contribution in [0.4, 0.5) is 0 Å². The topological polar surface area (TPSA) is 82.6 Å². The molecule has 0 fully saturated rings. The molecule has 0 aliphatic rings. The number of aromatic nitrogens is 6. The summed E-state index contributed by atoms with van der Waals surface area (Å²) in [5.74, 6) is -0.214. The maximum absolute atomic E-state index is 12.6. The summed E-state index contributed by atoms with van der Waals surface area (Å²) in [6.07, 6.45) is 1.79. The minimum atomic E-state index is -0.214. The number of aryl methyl sites for hydroxylation is 3. The molecule has 0 aliphatic carbocycles. The van der Waals surface area contributed by atoms with Crippen LogP contribution in [0.15, 0.2) is 48.7 Å². The molecule has 0 radical (unpaired) electrons. The molecule has 0 bridgehead atoms. The highest BCUT2D eigenvalue weighted by molar-refractivity contribution is 5.92. The van der Waals surface area contributed by atoms with E-state index in [0.717, 1.165) is 34.0 Å². The zero-order valence-corrected chi connectivity index (χ0v) is 17.6. The maximum atomic E-state index is 12.6. The van der Waals surface area contributed by atoms with Gasteiger partial charge in [0, 0.05) is 29.7 Å². The lowest BCUT2D eigenvalue weighted by Gasteiger charge is -2.07. The first kappa shape index (κ1) is 19.6. The first-order valence-electron chi connectivity index (χ1n) is 9.85. The third-order valence-corrected chi connectivity index (χ3v) is 5.12. The summed E-state index contributed by atoms with van der Waals surface area (Å²) in [6, 6.07) is 13.7. The number of nitrogens with one attached hydrogen (secondary N) is 1. The highest BCUT2D eigenvalue weighted by Gasteiger charge is 2.15. The first-order valence-corrected chi connectivity index (χ1v) is 9.85. The van der Waals surface area contributed by atoms with Crippen molar-refractivity contribution in [2.24, 2.45) is 0 Å². The fourth-order valence-corrected chi connectivity index (χ4v) is 3.53. The molecule has 0 saturated heterocycles. The molecule has 3 heterocycles. The van der Waals surface area contributed by atoms with Gasteiger partial charge >= 0.3 is 0 Å². The van der Waals surface area contributed by atoms with Crippen molar-refractivity contribution in [1.82, 2.24) is 34.7 Å². The van der Waals surface area contributed by atoms with Gasteiger partial charge < -0.3 is 5.32 Å². The Bertz CT molecular complexity index is 1180.